The molecule has 3 N–H and O–H groups in total. The van der Waals surface area contributed by atoms with Gasteiger partial charge in [-0.2, -0.15) is 13.2 Å². The van der Waals surface area contributed by atoms with Crippen molar-refractivity contribution in [2.45, 2.75) is 25.1 Å². The van der Waals surface area contributed by atoms with E-state index >= 15 is 0 Å². The van der Waals surface area contributed by atoms with E-state index in [9.17, 15) is 18.0 Å². The molecular formula is C23H20ClF3N4O3S. The van der Waals surface area contributed by atoms with Crippen LogP contribution in [0.1, 0.15) is 23.2 Å². The molecule has 0 saturated heterocycles. The van der Waals surface area contributed by atoms with Gasteiger partial charge in [-0.1, -0.05) is 11.6 Å². The van der Waals surface area contributed by atoms with Gasteiger partial charge >= 0.3 is 6.18 Å². The van der Waals surface area contributed by atoms with Crippen molar-refractivity contribution in [2.75, 3.05) is 19.0 Å². The average molecular weight is 525 g/mol. The van der Waals surface area contributed by atoms with E-state index in [0.29, 0.717) is 44.3 Å². The number of benzene rings is 2. The molecule has 1 aromatic heterocycles. The van der Waals surface area contributed by atoms with E-state index in [0.717, 1.165) is 12.8 Å². The zero-order valence-electron chi connectivity index (χ0n) is 18.3. The molecule has 0 spiro atoms. The van der Waals surface area contributed by atoms with Crippen LogP contribution in [0.2, 0.25) is 5.02 Å². The minimum Gasteiger partial charge on any atom is -0.496 e. The van der Waals surface area contributed by atoms with Gasteiger partial charge in [-0.25, -0.2) is 0 Å². The first-order valence-corrected chi connectivity index (χ1v) is 11.3. The summed E-state index contributed by atoms with van der Waals surface area (Å²) >= 11 is 11.7. The molecule has 1 aliphatic rings. The predicted octanol–water partition coefficient (Wildman–Crippen LogP) is 5.43. The van der Waals surface area contributed by atoms with Gasteiger partial charge in [-0.3, -0.25) is 9.78 Å². The zero-order chi connectivity index (χ0) is 25.2. The van der Waals surface area contributed by atoms with Gasteiger partial charge in [-0.15, -0.1) is 0 Å². The van der Waals surface area contributed by atoms with Crippen LogP contribution in [-0.2, 0) is 0 Å². The standard InChI is InChI=1S/C23H20ClF3N4O3S/c1-33-20-10-18-14(9-15(20)21(32)29-11-23(25,26)27)19(6-7-28-18)34-13-4-5-17(16(24)8-13)31-22(35)30-12-2-3-12/h4-10,12H,2-3,11H2,1H3,(H,29,32)(H2,30,31,35). The van der Waals surface area contributed by atoms with Crippen LogP contribution in [-0.4, -0.2) is 41.9 Å². The Balaban J connectivity index is 1.58. The number of thiocarbonyl (C=S) groups is 1. The number of nitrogens with zero attached hydrogens (tertiary/aromatic N) is 1. The minimum atomic E-state index is -4.55. The summed E-state index contributed by atoms with van der Waals surface area (Å²) in [5, 5.41) is 9.30. The second kappa shape index (κ2) is 10.1. The first-order chi connectivity index (χ1) is 16.6. The molecule has 1 aliphatic carbocycles. The van der Waals surface area contributed by atoms with Crippen LogP contribution in [0.25, 0.3) is 10.9 Å². The summed E-state index contributed by atoms with van der Waals surface area (Å²) in [4.78, 5) is 16.7. The summed E-state index contributed by atoms with van der Waals surface area (Å²) in [7, 11) is 1.31. The number of methoxy groups -OCH3 is 1. The number of anilines is 1. The van der Waals surface area contributed by atoms with Crippen molar-refractivity contribution in [3.05, 3.63) is 53.2 Å². The lowest BCUT2D eigenvalue weighted by Crippen LogP contribution is -2.33. The van der Waals surface area contributed by atoms with E-state index in [4.69, 9.17) is 33.3 Å². The van der Waals surface area contributed by atoms with Gasteiger partial charge in [0.15, 0.2) is 5.11 Å². The molecule has 0 bridgehead atoms. The van der Waals surface area contributed by atoms with E-state index in [1.54, 1.807) is 24.3 Å². The van der Waals surface area contributed by atoms with Gasteiger partial charge in [0.2, 0.25) is 0 Å². The molecule has 12 heteroatoms. The lowest BCUT2D eigenvalue weighted by molar-refractivity contribution is -0.123. The number of hydrogen-bond acceptors (Lipinski definition) is 5. The number of ether oxygens (including phenoxy) is 2. The Morgan fingerprint density at radius 1 is 1.20 bits per heavy atom. The molecular weight excluding hydrogens is 505 g/mol. The number of aromatic nitrogens is 1. The number of alkyl halides is 3. The molecule has 3 aromatic rings. The number of pyridine rings is 1. The molecule has 7 nitrogen and oxygen atoms in total. The van der Waals surface area contributed by atoms with Crippen LogP contribution in [0, 0.1) is 0 Å². The highest BCUT2D eigenvalue weighted by atomic mass is 35.5. The normalized spacial score (nSPS) is 13.3. The molecule has 2 aromatic carbocycles. The fraction of sp³-hybridized carbons (Fsp3) is 0.261. The van der Waals surface area contributed by atoms with Crippen molar-refractivity contribution in [2.24, 2.45) is 0 Å². The maximum Gasteiger partial charge on any atom is 0.405 e. The van der Waals surface area contributed by atoms with Gasteiger partial charge < -0.3 is 25.4 Å². The fourth-order valence-corrected chi connectivity index (χ4v) is 3.71. The molecule has 0 atom stereocenters. The van der Waals surface area contributed by atoms with E-state index in [1.165, 1.54) is 25.4 Å². The Morgan fingerprint density at radius 2 is 1.97 bits per heavy atom. The average Bonchev–Trinajstić information content (AvgIpc) is 3.62. The third-order valence-electron chi connectivity index (χ3n) is 5.05. The van der Waals surface area contributed by atoms with Crippen molar-refractivity contribution >= 4 is 51.4 Å². The molecule has 0 radical (unpaired) electrons. The van der Waals surface area contributed by atoms with Crippen LogP contribution in [0.5, 0.6) is 17.2 Å². The van der Waals surface area contributed by atoms with Crippen molar-refractivity contribution in [1.29, 1.82) is 0 Å². The summed E-state index contributed by atoms with van der Waals surface area (Å²) in [5.74, 6) is -0.139. The first-order valence-electron chi connectivity index (χ1n) is 10.5. The zero-order valence-corrected chi connectivity index (χ0v) is 19.9. The van der Waals surface area contributed by atoms with E-state index in [-0.39, 0.29) is 11.3 Å². The largest absolute Gasteiger partial charge is 0.496 e. The SMILES string of the molecule is COc1cc2nccc(Oc3ccc(NC(=S)NC4CC4)c(Cl)c3)c2cc1C(=O)NCC(F)(F)F. The monoisotopic (exact) mass is 524 g/mol. The minimum absolute atomic E-state index is 0.0797. The van der Waals surface area contributed by atoms with Gasteiger partial charge in [0.1, 0.15) is 23.8 Å². The third kappa shape index (κ3) is 6.43. The number of carbonyl (C=O) groups excluding carboxylic acids is 1. The summed E-state index contributed by atoms with van der Waals surface area (Å²) in [6.45, 7) is -1.47. The lowest BCUT2D eigenvalue weighted by atomic mass is 10.1. The summed E-state index contributed by atoms with van der Waals surface area (Å²) in [6.07, 6.45) is -0.882. The van der Waals surface area contributed by atoms with Crippen LogP contribution >= 0.6 is 23.8 Å². The first kappa shape index (κ1) is 24.8. The molecule has 0 aliphatic heterocycles. The number of hydrogen-bond donors (Lipinski definition) is 3. The van der Waals surface area contributed by atoms with E-state index in [1.807, 2.05) is 5.32 Å². The van der Waals surface area contributed by atoms with E-state index < -0.39 is 18.6 Å². The topological polar surface area (TPSA) is 84.5 Å². The Bertz CT molecular complexity index is 1280. The highest BCUT2D eigenvalue weighted by Crippen LogP contribution is 2.35. The Labute approximate surface area is 209 Å². The summed E-state index contributed by atoms with van der Waals surface area (Å²) < 4.78 is 48.8. The number of fused-ring (bicyclic) bond motifs is 1. The van der Waals surface area contributed by atoms with Gasteiger partial charge in [0.25, 0.3) is 5.91 Å². The summed E-state index contributed by atoms with van der Waals surface area (Å²) in [5.41, 5.74) is 0.939. The van der Waals surface area contributed by atoms with Gasteiger partial charge in [-0.05, 0) is 49.3 Å². The number of rotatable bonds is 7. The van der Waals surface area contributed by atoms with E-state index in [2.05, 4.69) is 15.6 Å². The summed E-state index contributed by atoms with van der Waals surface area (Å²) in [6, 6.07) is 9.79. The lowest BCUT2D eigenvalue weighted by Gasteiger charge is -2.15. The maximum absolute atomic E-state index is 12.6. The Morgan fingerprint density at radius 3 is 2.63 bits per heavy atom. The molecule has 184 valence electrons. The van der Waals surface area contributed by atoms with Crippen LogP contribution in [0.3, 0.4) is 0 Å². The van der Waals surface area contributed by atoms with Gasteiger partial charge in [0, 0.05) is 29.8 Å². The van der Waals surface area contributed by atoms with Gasteiger partial charge in [0.05, 0.1) is 28.9 Å². The Hall–Kier alpha value is -3.31. The quantitative estimate of drug-likeness (QED) is 0.355. The van der Waals surface area contributed by atoms with Crippen LogP contribution in [0.15, 0.2) is 42.6 Å². The van der Waals surface area contributed by atoms with Crippen LogP contribution in [0.4, 0.5) is 18.9 Å². The molecule has 1 heterocycles. The number of nitrogens with one attached hydrogen (secondary N) is 3. The second-order valence-corrected chi connectivity index (χ2v) is 8.61. The smallest absolute Gasteiger partial charge is 0.405 e. The fourth-order valence-electron chi connectivity index (χ4n) is 3.22. The molecule has 0 unspecified atom stereocenters. The third-order valence-corrected chi connectivity index (χ3v) is 5.58. The van der Waals surface area contributed by atoms with Crippen molar-refractivity contribution < 1.29 is 27.4 Å². The second-order valence-electron chi connectivity index (χ2n) is 7.79. The predicted molar refractivity (Wildman–Crippen MR) is 131 cm³/mol. The molecule has 4 rings (SSSR count). The molecule has 35 heavy (non-hydrogen) atoms. The van der Waals surface area contributed by atoms with Crippen LogP contribution < -0.4 is 25.4 Å². The Kier molecular flexibility index (Phi) is 7.18. The van der Waals surface area contributed by atoms with Crippen molar-refractivity contribution in [1.82, 2.24) is 15.6 Å². The highest BCUT2D eigenvalue weighted by Gasteiger charge is 2.29. The highest BCUT2D eigenvalue weighted by molar-refractivity contribution is 7.80. The number of amides is 1. The maximum atomic E-state index is 12.6. The van der Waals surface area contributed by atoms with Crippen molar-refractivity contribution in [3.63, 3.8) is 0 Å². The number of halogens is 4. The molecule has 1 fully saturated rings. The molecule has 1 saturated carbocycles. The van der Waals surface area contributed by atoms with Crippen molar-refractivity contribution in [3.8, 4) is 17.2 Å². The molecule has 1 amide bonds. The number of carbonyl (C=O) groups is 1.